The lowest BCUT2D eigenvalue weighted by molar-refractivity contribution is 0.0281. The SMILES string of the molecule is CCCCCCNC(N)=NCCCOC1CCCCC1.I. The highest BCUT2D eigenvalue weighted by molar-refractivity contribution is 14.0. The molecule has 1 rings (SSSR count). The van der Waals surface area contributed by atoms with E-state index in [4.69, 9.17) is 10.5 Å². The zero-order valence-corrected chi connectivity index (χ0v) is 15.9. The van der Waals surface area contributed by atoms with Crippen LogP contribution in [0.15, 0.2) is 4.99 Å². The highest BCUT2D eigenvalue weighted by Gasteiger charge is 2.12. The molecule has 0 atom stereocenters. The first-order valence-corrected chi connectivity index (χ1v) is 8.48. The normalized spacial score (nSPS) is 16.5. The Morgan fingerprint density at radius 3 is 2.62 bits per heavy atom. The van der Waals surface area contributed by atoms with Gasteiger partial charge in [0.2, 0.25) is 0 Å². The van der Waals surface area contributed by atoms with Gasteiger partial charge < -0.3 is 15.8 Å². The number of halogens is 1. The Labute approximate surface area is 147 Å². The first-order valence-electron chi connectivity index (χ1n) is 8.48. The van der Waals surface area contributed by atoms with Crippen molar-refractivity contribution in [2.24, 2.45) is 10.7 Å². The smallest absolute Gasteiger partial charge is 0.188 e. The third-order valence-electron chi connectivity index (χ3n) is 3.83. The van der Waals surface area contributed by atoms with Gasteiger partial charge in [-0.15, -0.1) is 24.0 Å². The number of nitrogens with zero attached hydrogens (tertiary/aromatic N) is 1. The van der Waals surface area contributed by atoms with Crippen LogP contribution < -0.4 is 11.1 Å². The maximum Gasteiger partial charge on any atom is 0.188 e. The van der Waals surface area contributed by atoms with Crippen molar-refractivity contribution in [2.75, 3.05) is 19.7 Å². The van der Waals surface area contributed by atoms with Crippen molar-refractivity contribution in [3.63, 3.8) is 0 Å². The van der Waals surface area contributed by atoms with Gasteiger partial charge in [-0.2, -0.15) is 0 Å². The standard InChI is InChI=1S/C16H33N3O.HI/c1-2-3-4-8-12-18-16(17)19-13-9-14-20-15-10-6-5-7-11-15;/h15H,2-14H2,1H3,(H3,17,18,19);1H. The average molecular weight is 411 g/mol. The van der Waals surface area contributed by atoms with Gasteiger partial charge in [0.1, 0.15) is 0 Å². The van der Waals surface area contributed by atoms with Gasteiger partial charge in [0.15, 0.2) is 5.96 Å². The van der Waals surface area contributed by atoms with Crippen molar-refractivity contribution in [3.8, 4) is 0 Å². The third kappa shape index (κ3) is 12.2. The molecule has 0 radical (unpaired) electrons. The minimum atomic E-state index is 0. The Kier molecular flexibility index (Phi) is 14.9. The molecular formula is C16H34IN3O. The Bertz CT molecular complexity index is 256. The number of ether oxygens (including phenoxy) is 1. The van der Waals surface area contributed by atoms with Crippen LogP contribution in [0.5, 0.6) is 0 Å². The van der Waals surface area contributed by atoms with Crippen LogP contribution in [0, 0.1) is 0 Å². The number of hydrogen-bond acceptors (Lipinski definition) is 2. The van der Waals surface area contributed by atoms with Gasteiger partial charge in [0.25, 0.3) is 0 Å². The zero-order chi connectivity index (χ0) is 14.5. The zero-order valence-electron chi connectivity index (χ0n) is 13.6. The van der Waals surface area contributed by atoms with E-state index in [2.05, 4.69) is 17.2 Å². The molecule has 0 aromatic rings. The molecule has 0 unspecified atom stereocenters. The number of nitrogens with one attached hydrogen (secondary N) is 1. The van der Waals surface area contributed by atoms with Gasteiger partial charge in [0, 0.05) is 19.7 Å². The van der Waals surface area contributed by atoms with Crippen molar-refractivity contribution in [2.45, 2.75) is 77.2 Å². The number of unbranched alkanes of at least 4 members (excludes halogenated alkanes) is 3. The van der Waals surface area contributed by atoms with E-state index in [1.54, 1.807) is 0 Å². The van der Waals surface area contributed by atoms with Crippen LogP contribution in [0.4, 0.5) is 0 Å². The number of guanidine groups is 1. The van der Waals surface area contributed by atoms with E-state index < -0.39 is 0 Å². The van der Waals surface area contributed by atoms with Crippen LogP contribution in [0.2, 0.25) is 0 Å². The Balaban J connectivity index is 0.00000400. The predicted octanol–water partition coefficient (Wildman–Crippen LogP) is 3.83. The first kappa shape index (κ1) is 21.0. The second-order valence-corrected chi connectivity index (χ2v) is 5.74. The van der Waals surface area contributed by atoms with Crippen molar-refractivity contribution in [1.82, 2.24) is 5.32 Å². The fourth-order valence-electron chi connectivity index (χ4n) is 2.57. The molecule has 3 N–H and O–H groups in total. The number of aliphatic imine (C=N–C) groups is 1. The van der Waals surface area contributed by atoms with Crippen molar-refractivity contribution < 1.29 is 4.74 Å². The maximum absolute atomic E-state index is 5.86. The number of rotatable bonds is 10. The largest absolute Gasteiger partial charge is 0.378 e. The minimum Gasteiger partial charge on any atom is -0.378 e. The van der Waals surface area contributed by atoms with Gasteiger partial charge in [-0.1, -0.05) is 45.4 Å². The molecule has 0 heterocycles. The molecule has 0 aromatic heterocycles. The molecule has 1 aliphatic carbocycles. The topological polar surface area (TPSA) is 59.6 Å². The van der Waals surface area contributed by atoms with Crippen LogP contribution in [0.25, 0.3) is 0 Å². The van der Waals surface area contributed by atoms with Crippen LogP contribution in [-0.4, -0.2) is 31.8 Å². The van der Waals surface area contributed by atoms with Crippen molar-refractivity contribution in [1.29, 1.82) is 0 Å². The van der Waals surface area contributed by atoms with Crippen LogP contribution in [0.1, 0.15) is 71.1 Å². The molecule has 0 saturated heterocycles. The quantitative estimate of drug-likeness (QED) is 0.249. The van der Waals surface area contributed by atoms with Crippen molar-refractivity contribution in [3.05, 3.63) is 0 Å². The Morgan fingerprint density at radius 2 is 1.90 bits per heavy atom. The van der Waals surface area contributed by atoms with Gasteiger partial charge in [-0.3, -0.25) is 4.99 Å². The molecule has 0 bridgehead atoms. The second-order valence-electron chi connectivity index (χ2n) is 5.74. The third-order valence-corrected chi connectivity index (χ3v) is 3.83. The fraction of sp³-hybridized carbons (Fsp3) is 0.938. The van der Waals surface area contributed by atoms with E-state index >= 15 is 0 Å². The second kappa shape index (κ2) is 14.9. The fourth-order valence-corrected chi connectivity index (χ4v) is 2.57. The summed E-state index contributed by atoms with van der Waals surface area (Å²) in [5.41, 5.74) is 5.81. The highest BCUT2D eigenvalue weighted by Crippen LogP contribution is 2.20. The van der Waals surface area contributed by atoms with E-state index in [1.807, 2.05) is 0 Å². The monoisotopic (exact) mass is 411 g/mol. The molecule has 1 fully saturated rings. The van der Waals surface area contributed by atoms with Crippen LogP contribution in [0.3, 0.4) is 0 Å². The van der Waals surface area contributed by atoms with E-state index in [0.717, 1.165) is 26.1 Å². The summed E-state index contributed by atoms with van der Waals surface area (Å²) in [5.74, 6) is 0.583. The molecule has 1 saturated carbocycles. The summed E-state index contributed by atoms with van der Waals surface area (Å²) in [6.45, 7) is 4.74. The molecule has 21 heavy (non-hydrogen) atoms. The summed E-state index contributed by atoms with van der Waals surface area (Å²) in [4.78, 5) is 4.33. The molecule has 1 aliphatic rings. The lowest BCUT2D eigenvalue weighted by Gasteiger charge is -2.21. The van der Waals surface area contributed by atoms with E-state index in [9.17, 15) is 0 Å². The first-order chi connectivity index (χ1) is 9.83. The minimum absolute atomic E-state index is 0. The van der Waals surface area contributed by atoms with Gasteiger partial charge in [0.05, 0.1) is 6.10 Å². The Morgan fingerprint density at radius 1 is 1.14 bits per heavy atom. The van der Waals surface area contributed by atoms with Gasteiger partial charge >= 0.3 is 0 Å². The summed E-state index contributed by atoms with van der Waals surface area (Å²) in [7, 11) is 0. The summed E-state index contributed by atoms with van der Waals surface area (Å²) >= 11 is 0. The molecule has 126 valence electrons. The van der Waals surface area contributed by atoms with E-state index in [-0.39, 0.29) is 24.0 Å². The maximum atomic E-state index is 5.86. The lowest BCUT2D eigenvalue weighted by atomic mass is 9.98. The lowest BCUT2D eigenvalue weighted by Crippen LogP contribution is -2.32. The van der Waals surface area contributed by atoms with Crippen LogP contribution in [-0.2, 0) is 4.74 Å². The molecule has 0 spiro atoms. The van der Waals surface area contributed by atoms with Gasteiger partial charge in [-0.05, 0) is 25.7 Å². The molecular weight excluding hydrogens is 377 g/mol. The molecule has 0 aromatic carbocycles. The van der Waals surface area contributed by atoms with Crippen LogP contribution >= 0.6 is 24.0 Å². The highest BCUT2D eigenvalue weighted by atomic mass is 127. The molecule has 4 nitrogen and oxygen atoms in total. The van der Waals surface area contributed by atoms with Crippen molar-refractivity contribution >= 4 is 29.9 Å². The Hall–Kier alpha value is -0.0400. The van der Waals surface area contributed by atoms with Gasteiger partial charge in [-0.25, -0.2) is 0 Å². The molecule has 0 aliphatic heterocycles. The summed E-state index contributed by atoms with van der Waals surface area (Å²) in [6, 6.07) is 0. The summed E-state index contributed by atoms with van der Waals surface area (Å²) < 4.78 is 5.86. The predicted molar refractivity (Wildman–Crippen MR) is 101 cm³/mol. The average Bonchev–Trinajstić information content (AvgIpc) is 2.48. The van der Waals surface area contributed by atoms with E-state index in [1.165, 1.54) is 57.8 Å². The summed E-state index contributed by atoms with van der Waals surface area (Å²) in [6.07, 6.45) is 13.0. The molecule has 0 amide bonds. The molecule has 5 heteroatoms. The van der Waals surface area contributed by atoms with E-state index in [0.29, 0.717) is 12.1 Å². The number of hydrogen-bond donors (Lipinski definition) is 2. The number of nitrogens with two attached hydrogens (primary N) is 1. The summed E-state index contributed by atoms with van der Waals surface area (Å²) in [5, 5.41) is 3.17.